The first-order valence-corrected chi connectivity index (χ1v) is 2.79. The monoisotopic (exact) mass is 130 g/mol. The van der Waals surface area contributed by atoms with Gasteiger partial charge in [-0.3, -0.25) is 4.68 Å². The van der Waals surface area contributed by atoms with E-state index in [4.69, 9.17) is 6.42 Å². The van der Waals surface area contributed by atoms with Crippen LogP contribution in [0, 0.1) is 24.2 Å². The van der Waals surface area contributed by atoms with Crippen molar-refractivity contribution >= 4 is 0 Å². The molecule has 0 unspecified atom stereocenters. The van der Waals surface area contributed by atoms with Gasteiger partial charge >= 0.3 is 0 Å². The fourth-order valence-corrected chi connectivity index (χ4v) is 0.597. The van der Waals surface area contributed by atoms with E-state index in [-0.39, 0.29) is 0 Å². The molecule has 1 rings (SSSR count). The van der Waals surface area contributed by atoms with Gasteiger partial charge in [0.15, 0.2) is 0 Å². The third-order valence-electron chi connectivity index (χ3n) is 1.08. The summed E-state index contributed by atoms with van der Waals surface area (Å²) in [7, 11) is 1.82. The number of hydrogen-bond donors (Lipinski definition) is 0. The summed E-state index contributed by atoms with van der Waals surface area (Å²) in [5.74, 6) is 7.50. The molecule has 2 heteroatoms. The van der Waals surface area contributed by atoms with E-state index in [1.807, 2.05) is 13.1 Å². The van der Waals surface area contributed by atoms with Gasteiger partial charge in [-0.15, -0.1) is 6.42 Å². The fourth-order valence-electron chi connectivity index (χ4n) is 0.597. The largest absolute Gasteiger partial charge is 0.260 e. The van der Waals surface area contributed by atoms with Crippen molar-refractivity contribution < 1.29 is 0 Å². The van der Waals surface area contributed by atoms with E-state index in [2.05, 4.69) is 22.9 Å². The summed E-state index contributed by atoms with van der Waals surface area (Å²) in [6.07, 6.45) is 6.62. The maximum Gasteiger partial charge on any atom is 0.111 e. The number of hydrogen-bond acceptors (Lipinski definition) is 1. The van der Waals surface area contributed by atoms with Gasteiger partial charge in [-0.05, 0) is 23.8 Å². The van der Waals surface area contributed by atoms with E-state index in [0.717, 1.165) is 5.69 Å². The summed E-state index contributed by atoms with van der Waals surface area (Å²) in [4.78, 5) is 0. The van der Waals surface area contributed by atoms with E-state index in [1.165, 1.54) is 0 Å². The van der Waals surface area contributed by atoms with Crippen LogP contribution in [0.1, 0.15) is 5.69 Å². The molecule has 0 aliphatic rings. The highest BCUT2D eigenvalue weighted by Crippen LogP contribution is 1.90. The molecule has 0 aliphatic carbocycles. The van der Waals surface area contributed by atoms with Gasteiger partial charge < -0.3 is 0 Å². The Morgan fingerprint density at radius 2 is 2.50 bits per heavy atom. The number of nitrogens with zero attached hydrogens (tertiary/aromatic N) is 2. The van der Waals surface area contributed by atoms with E-state index < -0.39 is 0 Å². The molecule has 0 spiro atoms. The van der Waals surface area contributed by atoms with Gasteiger partial charge in [0, 0.05) is 7.05 Å². The van der Waals surface area contributed by atoms with Crippen LogP contribution in [0.15, 0.2) is 12.3 Å². The van der Waals surface area contributed by atoms with Crippen LogP contribution < -0.4 is 0 Å². The first-order chi connectivity index (χ1) is 4.84. The van der Waals surface area contributed by atoms with Gasteiger partial charge in [-0.25, -0.2) is 0 Å². The Kier molecular flexibility index (Phi) is 1.78. The van der Waals surface area contributed by atoms with Gasteiger partial charge in [0.25, 0.3) is 0 Å². The molecule has 1 heterocycles. The highest BCUT2D eigenvalue weighted by atomic mass is 15.2. The van der Waals surface area contributed by atoms with Crippen molar-refractivity contribution in [2.24, 2.45) is 7.05 Å². The van der Waals surface area contributed by atoms with Crippen LogP contribution in [0.2, 0.25) is 0 Å². The first-order valence-electron chi connectivity index (χ1n) is 2.79. The molecule has 0 atom stereocenters. The topological polar surface area (TPSA) is 17.8 Å². The molecule has 2 nitrogen and oxygen atoms in total. The summed E-state index contributed by atoms with van der Waals surface area (Å²) in [5.41, 5.74) is 0.831. The van der Waals surface area contributed by atoms with Crippen molar-refractivity contribution in [3.63, 3.8) is 0 Å². The lowest BCUT2D eigenvalue weighted by molar-refractivity contribution is 0.757. The van der Waals surface area contributed by atoms with Crippen molar-refractivity contribution in [1.29, 1.82) is 0 Å². The van der Waals surface area contributed by atoms with Crippen molar-refractivity contribution in [2.75, 3.05) is 0 Å². The maximum absolute atomic E-state index is 4.94. The van der Waals surface area contributed by atoms with Crippen molar-refractivity contribution in [2.45, 2.75) is 0 Å². The van der Waals surface area contributed by atoms with Crippen LogP contribution in [0.5, 0.6) is 0 Å². The van der Waals surface area contributed by atoms with Crippen molar-refractivity contribution in [1.82, 2.24) is 9.78 Å². The average Bonchev–Trinajstić information content (AvgIpc) is 2.31. The second-order valence-electron chi connectivity index (χ2n) is 1.73. The molecule has 0 radical (unpaired) electrons. The minimum atomic E-state index is 0.831. The molecule has 0 saturated carbocycles. The minimum Gasteiger partial charge on any atom is -0.260 e. The van der Waals surface area contributed by atoms with Crippen LogP contribution in [-0.4, -0.2) is 9.78 Å². The Hall–Kier alpha value is -1.67. The quantitative estimate of drug-likeness (QED) is 0.465. The predicted molar refractivity (Wildman–Crippen MR) is 38.9 cm³/mol. The number of rotatable bonds is 0. The molecule has 0 saturated heterocycles. The zero-order valence-electron chi connectivity index (χ0n) is 5.63. The fraction of sp³-hybridized carbons (Fsp3) is 0.125. The Bertz CT molecular complexity index is 317. The molecular weight excluding hydrogens is 124 g/mol. The molecule has 0 amide bonds. The zero-order chi connectivity index (χ0) is 7.40. The Labute approximate surface area is 59.9 Å². The Morgan fingerprint density at radius 1 is 1.70 bits per heavy atom. The van der Waals surface area contributed by atoms with Gasteiger partial charge in [0.1, 0.15) is 5.69 Å². The van der Waals surface area contributed by atoms with E-state index in [9.17, 15) is 0 Å². The molecule has 1 aromatic heterocycles. The maximum atomic E-state index is 4.94. The summed E-state index contributed by atoms with van der Waals surface area (Å²) >= 11 is 0. The lowest BCUT2D eigenvalue weighted by Crippen LogP contribution is -1.92. The van der Waals surface area contributed by atoms with Gasteiger partial charge in [0.2, 0.25) is 0 Å². The third kappa shape index (κ3) is 1.18. The smallest absolute Gasteiger partial charge is 0.111 e. The lowest BCUT2D eigenvalue weighted by Gasteiger charge is -1.87. The minimum absolute atomic E-state index is 0.831. The van der Waals surface area contributed by atoms with Crippen molar-refractivity contribution in [3.8, 4) is 24.2 Å². The van der Waals surface area contributed by atoms with Crippen LogP contribution in [-0.2, 0) is 7.05 Å². The summed E-state index contributed by atoms with van der Waals surface area (Å²) in [5, 5.41) is 3.92. The second-order valence-corrected chi connectivity index (χ2v) is 1.73. The molecular formula is C8H6N2. The molecule has 0 aromatic carbocycles. The third-order valence-corrected chi connectivity index (χ3v) is 1.08. The average molecular weight is 130 g/mol. The Balaban J connectivity index is 2.97. The molecule has 0 fully saturated rings. The van der Waals surface area contributed by atoms with Crippen LogP contribution in [0.3, 0.4) is 0 Å². The van der Waals surface area contributed by atoms with E-state index >= 15 is 0 Å². The summed E-state index contributed by atoms with van der Waals surface area (Å²) in [6, 6.07) is 1.81. The van der Waals surface area contributed by atoms with Gasteiger partial charge in [-0.2, -0.15) is 5.10 Å². The normalized spacial score (nSPS) is 7.60. The zero-order valence-corrected chi connectivity index (χ0v) is 5.63. The van der Waals surface area contributed by atoms with E-state index in [0.29, 0.717) is 0 Å². The molecule has 1 aromatic rings. The highest BCUT2D eigenvalue weighted by molar-refractivity contribution is 5.33. The number of terminal acetylenes is 1. The van der Waals surface area contributed by atoms with Gasteiger partial charge in [0.05, 0.1) is 6.20 Å². The number of aromatic nitrogens is 2. The van der Waals surface area contributed by atoms with Crippen LogP contribution >= 0.6 is 0 Å². The summed E-state index contributed by atoms with van der Waals surface area (Å²) < 4.78 is 1.67. The molecule has 10 heavy (non-hydrogen) atoms. The van der Waals surface area contributed by atoms with E-state index in [1.54, 1.807) is 10.9 Å². The highest BCUT2D eigenvalue weighted by Gasteiger charge is 1.89. The lowest BCUT2D eigenvalue weighted by atomic mass is 10.4. The second kappa shape index (κ2) is 2.75. The molecule has 0 bridgehead atoms. The molecule has 48 valence electrons. The molecule has 0 aliphatic heterocycles. The van der Waals surface area contributed by atoms with Crippen molar-refractivity contribution in [3.05, 3.63) is 18.0 Å². The number of aryl methyl sites for hydroxylation is 1. The predicted octanol–water partition coefficient (Wildman–Crippen LogP) is 0.405. The Morgan fingerprint density at radius 3 is 3.00 bits per heavy atom. The first kappa shape index (κ1) is 6.45. The van der Waals surface area contributed by atoms with Gasteiger partial charge in [-0.1, -0.05) is 0 Å². The standard InChI is InChI=1S/C8H6N2/c1-3-4-5-8-6-7-9-10(8)2/h1,6-7H,2H3. The molecule has 0 N–H and O–H groups in total. The summed E-state index contributed by atoms with van der Waals surface area (Å²) in [6.45, 7) is 0. The SMILES string of the molecule is C#CC#Cc1ccnn1C. The van der Waals surface area contributed by atoms with Crippen LogP contribution in [0.4, 0.5) is 0 Å². The van der Waals surface area contributed by atoms with Crippen LogP contribution in [0.25, 0.3) is 0 Å².